The van der Waals surface area contributed by atoms with Gasteiger partial charge in [-0.05, 0) is 24.6 Å². The van der Waals surface area contributed by atoms with E-state index in [4.69, 9.17) is 0 Å². The molecule has 0 saturated carbocycles. The molecule has 2 heterocycles. The van der Waals surface area contributed by atoms with E-state index in [0.29, 0.717) is 5.71 Å². The Morgan fingerprint density at radius 2 is 2.26 bits per heavy atom. The van der Waals surface area contributed by atoms with Gasteiger partial charge in [-0.15, -0.1) is 0 Å². The predicted molar refractivity (Wildman–Crippen MR) is 69.3 cm³/mol. The first-order valence-electron chi connectivity index (χ1n) is 5.73. The molecule has 1 atom stereocenters. The molecule has 98 valence electrons. The molecule has 0 saturated heterocycles. The quantitative estimate of drug-likeness (QED) is 0.590. The van der Waals surface area contributed by atoms with Crippen molar-refractivity contribution in [1.29, 1.82) is 0 Å². The Bertz CT molecular complexity index is 538. The molecule has 1 aliphatic rings. The molecule has 1 aromatic rings. The van der Waals surface area contributed by atoms with E-state index in [1.54, 1.807) is 31.5 Å². The summed E-state index contributed by atoms with van der Waals surface area (Å²) in [6, 6.07) is 3.52. The second kappa shape index (κ2) is 5.85. The molecule has 19 heavy (non-hydrogen) atoms. The molecular formula is C12H13N5O2. The zero-order valence-corrected chi connectivity index (χ0v) is 10.3. The molecule has 0 bridgehead atoms. The number of carbonyl (C=O) groups excluding carboxylic acids is 2. The third-order valence-electron chi connectivity index (χ3n) is 2.66. The van der Waals surface area contributed by atoms with E-state index < -0.39 is 5.92 Å². The van der Waals surface area contributed by atoms with Gasteiger partial charge >= 0.3 is 0 Å². The van der Waals surface area contributed by atoms with Crippen molar-refractivity contribution in [3.63, 3.8) is 0 Å². The Labute approximate surface area is 109 Å². The van der Waals surface area contributed by atoms with Gasteiger partial charge in [0.15, 0.2) is 0 Å². The first-order valence-corrected chi connectivity index (χ1v) is 5.73. The molecule has 0 aromatic carbocycles. The molecule has 0 aliphatic carbocycles. The van der Waals surface area contributed by atoms with Crippen LogP contribution in [0.4, 0.5) is 0 Å². The number of rotatable bonds is 4. The molecule has 2 N–H and O–H groups in total. The minimum Gasteiger partial charge on any atom is -0.273 e. The number of hydrogen-bond donors (Lipinski definition) is 2. The second-order valence-electron chi connectivity index (χ2n) is 4.06. The fourth-order valence-corrected chi connectivity index (χ4v) is 1.59. The number of nitrogens with one attached hydrogen (secondary N) is 2. The van der Waals surface area contributed by atoms with Gasteiger partial charge in [-0.3, -0.25) is 14.6 Å². The molecule has 1 aromatic heterocycles. The van der Waals surface area contributed by atoms with Crippen molar-refractivity contribution in [2.45, 2.75) is 13.3 Å². The van der Waals surface area contributed by atoms with Gasteiger partial charge in [-0.25, -0.2) is 10.9 Å². The van der Waals surface area contributed by atoms with E-state index in [1.807, 2.05) is 0 Å². The maximum atomic E-state index is 11.6. The summed E-state index contributed by atoms with van der Waals surface area (Å²) in [6.07, 6.45) is 4.81. The van der Waals surface area contributed by atoms with Crippen LogP contribution in [0.5, 0.6) is 0 Å². The van der Waals surface area contributed by atoms with Crippen molar-refractivity contribution in [2.75, 3.05) is 0 Å². The summed E-state index contributed by atoms with van der Waals surface area (Å²) >= 11 is 0. The Kier molecular flexibility index (Phi) is 3.97. The first-order chi connectivity index (χ1) is 9.16. The number of nitrogens with zero attached hydrogens (tertiary/aromatic N) is 3. The average Bonchev–Trinajstić information content (AvgIpc) is 2.72. The highest BCUT2D eigenvalue weighted by molar-refractivity contribution is 6.09. The average molecular weight is 259 g/mol. The van der Waals surface area contributed by atoms with E-state index in [0.717, 1.165) is 5.56 Å². The van der Waals surface area contributed by atoms with Crippen molar-refractivity contribution < 1.29 is 9.59 Å². The fraction of sp³-hybridized carbons (Fsp3) is 0.250. The fourth-order valence-electron chi connectivity index (χ4n) is 1.59. The summed E-state index contributed by atoms with van der Waals surface area (Å²) in [5.41, 5.74) is 6.14. The van der Waals surface area contributed by atoms with Crippen LogP contribution in [0.2, 0.25) is 0 Å². The van der Waals surface area contributed by atoms with Gasteiger partial charge in [-0.1, -0.05) is 0 Å². The van der Waals surface area contributed by atoms with Gasteiger partial charge in [0.1, 0.15) is 0 Å². The number of amides is 2. The predicted octanol–water partition coefficient (Wildman–Crippen LogP) is 0.0437. The van der Waals surface area contributed by atoms with Crippen LogP contribution in [0, 0.1) is 5.92 Å². The molecular weight excluding hydrogens is 246 g/mol. The highest BCUT2D eigenvalue weighted by atomic mass is 16.2. The molecule has 2 rings (SSSR count). The maximum Gasteiger partial charge on any atom is 0.249 e. The van der Waals surface area contributed by atoms with Crippen LogP contribution in [0.15, 0.2) is 34.7 Å². The standard InChI is InChI=1S/C12H13N5O2/c1-8-10(12(19)17-15-8)6-11(18)16-14-7-9-2-4-13-5-3-9/h2-5,7,10H,6H2,1H3,(H,16,18)(H,17,19). The number of carbonyl (C=O) groups is 2. The lowest BCUT2D eigenvalue weighted by Crippen LogP contribution is -2.29. The third kappa shape index (κ3) is 3.44. The molecule has 0 radical (unpaired) electrons. The zero-order chi connectivity index (χ0) is 13.7. The van der Waals surface area contributed by atoms with Gasteiger partial charge in [-0.2, -0.15) is 10.2 Å². The summed E-state index contributed by atoms with van der Waals surface area (Å²) in [6.45, 7) is 1.70. The summed E-state index contributed by atoms with van der Waals surface area (Å²) in [5.74, 6) is -1.09. The SMILES string of the molecule is CC1=NNC(=O)C1CC(=O)NN=Cc1ccncc1. The van der Waals surface area contributed by atoms with Gasteiger partial charge in [0.05, 0.1) is 12.1 Å². The highest BCUT2D eigenvalue weighted by Gasteiger charge is 2.28. The monoisotopic (exact) mass is 259 g/mol. The van der Waals surface area contributed by atoms with Crippen molar-refractivity contribution in [3.8, 4) is 0 Å². The van der Waals surface area contributed by atoms with Crippen molar-refractivity contribution in [1.82, 2.24) is 15.8 Å². The summed E-state index contributed by atoms with van der Waals surface area (Å²) in [5, 5.41) is 7.58. The van der Waals surface area contributed by atoms with E-state index in [1.165, 1.54) is 6.21 Å². The molecule has 2 amide bonds. The Morgan fingerprint density at radius 1 is 1.53 bits per heavy atom. The van der Waals surface area contributed by atoms with E-state index in [2.05, 4.69) is 26.0 Å². The van der Waals surface area contributed by atoms with Crippen LogP contribution in [0.1, 0.15) is 18.9 Å². The number of pyridine rings is 1. The van der Waals surface area contributed by atoms with Gasteiger partial charge < -0.3 is 0 Å². The molecule has 7 nitrogen and oxygen atoms in total. The summed E-state index contributed by atoms with van der Waals surface area (Å²) < 4.78 is 0. The largest absolute Gasteiger partial charge is 0.273 e. The summed E-state index contributed by atoms with van der Waals surface area (Å²) in [4.78, 5) is 26.8. The van der Waals surface area contributed by atoms with Crippen LogP contribution in [0.3, 0.4) is 0 Å². The smallest absolute Gasteiger partial charge is 0.249 e. The van der Waals surface area contributed by atoms with E-state index in [9.17, 15) is 9.59 Å². The van der Waals surface area contributed by atoms with Crippen molar-refractivity contribution >= 4 is 23.7 Å². The van der Waals surface area contributed by atoms with Gasteiger partial charge in [0.25, 0.3) is 0 Å². The topological polar surface area (TPSA) is 95.8 Å². The van der Waals surface area contributed by atoms with Crippen LogP contribution in [0.25, 0.3) is 0 Å². The van der Waals surface area contributed by atoms with Crippen LogP contribution >= 0.6 is 0 Å². The minimum atomic E-state index is -0.504. The molecule has 1 unspecified atom stereocenters. The van der Waals surface area contributed by atoms with Gasteiger partial charge in [0.2, 0.25) is 11.8 Å². The van der Waals surface area contributed by atoms with Crippen molar-refractivity contribution in [2.24, 2.45) is 16.1 Å². The first kappa shape index (κ1) is 12.9. The van der Waals surface area contributed by atoms with Crippen LogP contribution in [-0.4, -0.2) is 28.7 Å². The number of hydrazone groups is 2. The molecule has 0 spiro atoms. The number of aromatic nitrogens is 1. The highest BCUT2D eigenvalue weighted by Crippen LogP contribution is 2.11. The Balaban J connectivity index is 1.84. The van der Waals surface area contributed by atoms with Crippen LogP contribution < -0.4 is 10.9 Å². The second-order valence-corrected chi connectivity index (χ2v) is 4.06. The Morgan fingerprint density at radius 3 is 2.89 bits per heavy atom. The lowest BCUT2D eigenvalue weighted by Gasteiger charge is -2.05. The Hall–Kier alpha value is -2.57. The van der Waals surface area contributed by atoms with Gasteiger partial charge in [0, 0.05) is 24.5 Å². The molecule has 1 aliphatic heterocycles. The zero-order valence-electron chi connectivity index (χ0n) is 10.3. The van der Waals surface area contributed by atoms with E-state index in [-0.39, 0.29) is 18.2 Å². The number of hydrogen-bond acceptors (Lipinski definition) is 5. The third-order valence-corrected chi connectivity index (χ3v) is 2.66. The molecule has 7 heteroatoms. The van der Waals surface area contributed by atoms with E-state index >= 15 is 0 Å². The van der Waals surface area contributed by atoms with Crippen LogP contribution in [-0.2, 0) is 9.59 Å². The lowest BCUT2D eigenvalue weighted by molar-refractivity contribution is -0.127. The minimum absolute atomic E-state index is 0.0366. The lowest BCUT2D eigenvalue weighted by atomic mass is 10.0. The van der Waals surface area contributed by atoms with Crippen molar-refractivity contribution in [3.05, 3.63) is 30.1 Å². The maximum absolute atomic E-state index is 11.6. The summed E-state index contributed by atoms with van der Waals surface area (Å²) in [7, 11) is 0. The molecule has 0 fully saturated rings. The normalized spacial score (nSPS) is 18.3.